The molecule has 3 aromatic heterocycles. The first-order valence-corrected chi connectivity index (χ1v) is 11.3. The molecule has 0 fully saturated rings. The summed E-state index contributed by atoms with van der Waals surface area (Å²) in [5.41, 5.74) is 2.17. The molecule has 3 heterocycles. The smallest absolute Gasteiger partial charge is 0.236 e. The van der Waals surface area contributed by atoms with Crippen LogP contribution in [0, 0.1) is 0 Å². The highest BCUT2D eigenvalue weighted by Crippen LogP contribution is 2.28. The van der Waals surface area contributed by atoms with E-state index in [4.69, 9.17) is 14.2 Å². The predicted molar refractivity (Wildman–Crippen MR) is 111 cm³/mol. The predicted octanol–water partition coefficient (Wildman–Crippen LogP) is 5.75. The van der Waals surface area contributed by atoms with E-state index in [1.54, 1.807) is 34.4 Å². The molecule has 27 heavy (non-hydrogen) atoms. The minimum Gasteiger partial charge on any atom is -0.494 e. The Labute approximate surface area is 169 Å². The van der Waals surface area contributed by atoms with E-state index in [2.05, 4.69) is 15.5 Å². The van der Waals surface area contributed by atoms with Gasteiger partial charge in [-0.15, -0.1) is 34.4 Å². The van der Waals surface area contributed by atoms with Gasteiger partial charge in [0.25, 0.3) is 0 Å². The molecule has 5 nitrogen and oxygen atoms in total. The maximum atomic E-state index is 5.48. The first-order valence-electron chi connectivity index (χ1n) is 8.43. The number of hydrogen-bond acceptors (Lipinski definition) is 8. The molecule has 0 atom stereocenters. The fourth-order valence-electron chi connectivity index (χ4n) is 2.43. The molecule has 0 saturated heterocycles. The number of thiophene rings is 1. The van der Waals surface area contributed by atoms with Crippen molar-refractivity contribution in [2.75, 3.05) is 6.61 Å². The Morgan fingerprint density at radius 2 is 1.96 bits per heavy atom. The summed E-state index contributed by atoms with van der Waals surface area (Å²) in [5, 5.41) is 9.16. The van der Waals surface area contributed by atoms with Crippen LogP contribution in [-0.2, 0) is 11.5 Å². The van der Waals surface area contributed by atoms with Gasteiger partial charge >= 0.3 is 0 Å². The average molecular weight is 416 g/mol. The molecule has 138 valence electrons. The molecule has 0 radical (unpaired) electrons. The number of benzene rings is 1. The van der Waals surface area contributed by atoms with Crippen LogP contribution < -0.4 is 4.74 Å². The van der Waals surface area contributed by atoms with E-state index in [0.717, 1.165) is 32.6 Å². The van der Waals surface area contributed by atoms with Crippen LogP contribution in [-0.4, -0.2) is 21.7 Å². The molecule has 0 saturated carbocycles. The number of rotatable bonds is 8. The van der Waals surface area contributed by atoms with E-state index >= 15 is 0 Å². The van der Waals surface area contributed by atoms with Crippen LogP contribution in [0.1, 0.15) is 18.5 Å². The van der Waals surface area contributed by atoms with Gasteiger partial charge < -0.3 is 9.26 Å². The molecule has 4 aromatic rings. The van der Waals surface area contributed by atoms with Crippen LogP contribution in [0.25, 0.3) is 21.3 Å². The second-order valence-electron chi connectivity index (χ2n) is 5.58. The zero-order valence-corrected chi connectivity index (χ0v) is 17.1. The topological polar surface area (TPSA) is 61.0 Å². The van der Waals surface area contributed by atoms with Crippen LogP contribution >= 0.6 is 34.4 Å². The van der Waals surface area contributed by atoms with Gasteiger partial charge in [0.1, 0.15) is 10.8 Å². The highest BCUT2D eigenvalue weighted by molar-refractivity contribution is 7.97. The molecular formula is C19H17N3O2S3. The van der Waals surface area contributed by atoms with Crippen molar-refractivity contribution in [1.82, 2.24) is 15.1 Å². The van der Waals surface area contributed by atoms with Crippen molar-refractivity contribution < 1.29 is 9.26 Å². The lowest BCUT2D eigenvalue weighted by molar-refractivity contribution is 0.340. The van der Waals surface area contributed by atoms with Crippen molar-refractivity contribution in [2.24, 2.45) is 0 Å². The van der Waals surface area contributed by atoms with Crippen molar-refractivity contribution in [3.05, 3.63) is 58.7 Å². The van der Waals surface area contributed by atoms with Gasteiger partial charge in [0, 0.05) is 16.7 Å². The normalized spacial score (nSPS) is 11.0. The highest BCUT2D eigenvalue weighted by atomic mass is 32.2. The molecule has 0 aliphatic heterocycles. The van der Waals surface area contributed by atoms with Gasteiger partial charge in [-0.25, -0.2) is 4.98 Å². The summed E-state index contributed by atoms with van der Waals surface area (Å²) in [7, 11) is 0. The summed E-state index contributed by atoms with van der Waals surface area (Å²) in [6, 6.07) is 12.0. The molecular weight excluding hydrogens is 398 g/mol. The third-order valence-electron chi connectivity index (χ3n) is 3.65. The Kier molecular flexibility index (Phi) is 5.86. The summed E-state index contributed by atoms with van der Waals surface area (Å²) >= 11 is 4.98. The summed E-state index contributed by atoms with van der Waals surface area (Å²) in [4.78, 5) is 10.2. The molecule has 8 heteroatoms. The van der Waals surface area contributed by atoms with E-state index in [1.165, 1.54) is 0 Å². The first kappa shape index (κ1) is 18.2. The Morgan fingerprint density at radius 1 is 1.07 bits per heavy atom. The number of hydrogen-bond donors (Lipinski definition) is 0. The fourth-order valence-corrected chi connectivity index (χ4v) is 4.76. The van der Waals surface area contributed by atoms with E-state index in [9.17, 15) is 0 Å². The van der Waals surface area contributed by atoms with Crippen LogP contribution in [0.15, 0.2) is 51.7 Å². The number of ether oxygens (including phenoxy) is 1. The molecule has 0 unspecified atom stereocenters. The van der Waals surface area contributed by atoms with Gasteiger partial charge in [0.15, 0.2) is 0 Å². The zero-order valence-electron chi connectivity index (χ0n) is 14.6. The zero-order chi connectivity index (χ0) is 18.5. The van der Waals surface area contributed by atoms with E-state index in [-0.39, 0.29) is 0 Å². The third kappa shape index (κ3) is 4.58. The summed E-state index contributed by atoms with van der Waals surface area (Å²) in [6.45, 7) is 2.66. The maximum absolute atomic E-state index is 5.48. The van der Waals surface area contributed by atoms with Crippen molar-refractivity contribution in [1.29, 1.82) is 0 Å². The van der Waals surface area contributed by atoms with Gasteiger partial charge in [0.2, 0.25) is 11.7 Å². The van der Waals surface area contributed by atoms with Crippen molar-refractivity contribution >= 4 is 34.4 Å². The lowest BCUT2D eigenvalue weighted by atomic mass is 10.2. The first-order chi connectivity index (χ1) is 13.3. The number of thioether (sulfide) groups is 1. The van der Waals surface area contributed by atoms with Crippen molar-refractivity contribution in [3.8, 4) is 27.0 Å². The monoisotopic (exact) mass is 415 g/mol. The molecule has 4 rings (SSSR count). The maximum Gasteiger partial charge on any atom is 0.236 e. The van der Waals surface area contributed by atoms with E-state index in [1.807, 2.05) is 48.7 Å². The summed E-state index contributed by atoms with van der Waals surface area (Å²) < 4.78 is 10.8. The average Bonchev–Trinajstić information content (AvgIpc) is 3.44. The van der Waals surface area contributed by atoms with Gasteiger partial charge in [-0.3, -0.25) is 0 Å². The van der Waals surface area contributed by atoms with Crippen molar-refractivity contribution in [2.45, 2.75) is 18.4 Å². The largest absolute Gasteiger partial charge is 0.494 e. The second kappa shape index (κ2) is 8.69. The number of nitrogens with zero attached hydrogens (tertiary/aromatic N) is 3. The van der Waals surface area contributed by atoms with E-state index in [0.29, 0.717) is 24.1 Å². The van der Waals surface area contributed by atoms with Gasteiger partial charge in [-0.2, -0.15) is 4.98 Å². The quantitative estimate of drug-likeness (QED) is 0.365. The Bertz CT molecular complexity index is 978. The van der Waals surface area contributed by atoms with Crippen LogP contribution in [0.3, 0.4) is 0 Å². The lowest BCUT2D eigenvalue weighted by Crippen LogP contribution is -1.90. The molecule has 0 N–H and O–H groups in total. The van der Waals surface area contributed by atoms with Crippen molar-refractivity contribution in [3.63, 3.8) is 0 Å². The van der Waals surface area contributed by atoms with Gasteiger partial charge in [0.05, 0.1) is 22.9 Å². The highest BCUT2D eigenvalue weighted by Gasteiger charge is 2.10. The summed E-state index contributed by atoms with van der Waals surface area (Å²) in [6.07, 6.45) is 0. The number of aromatic nitrogens is 3. The molecule has 0 amide bonds. The molecule has 0 bridgehead atoms. The van der Waals surface area contributed by atoms with Crippen LogP contribution in [0.2, 0.25) is 0 Å². The fraction of sp³-hybridized carbons (Fsp3) is 0.211. The van der Waals surface area contributed by atoms with E-state index < -0.39 is 0 Å². The Hall–Kier alpha value is -2.16. The SMILES string of the molecule is CCOc1ccc(-c2nc(CSCc3nc(-c4cccs4)no3)cs2)cc1. The molecule has 0 aliphatic carbocycles. The standard InChI is InChI=1S/C19H17N3O2S3/c1-2-23-15-7-5-13(6-8-15)19-20-14(11-27-19)10-25-12-17-21-18(22-24-17)16-4-3-9-26-16/h3-9,11H,2,10,12H2,1H3. The Morgan fingerprint density at radius 3 is 2.74 bits per heavy atom. The van der Waals surface area contributed by atoms with Crippen LogP contribution in [0.4, 0.5) is 0 Å². The minimum absolute atomic E-state index is 0.644. The second-order valence-corrected chi connectivity index (χ2v) is 8.37. The van der Waals surface area contributed by atoms with Gasteiger partial charge in [-0.1, -0.05) is 11.2 Å². The molecule has 1 aromatic carbocycles. The molecule has 0 spiro atoms. The lowest BCUT2D eigenvalue weighted by Gasteiger charge is -2.02. The number of thiazole rings is 1. The Balaban J connectivity index is 1.32. The van der Waals surface area contributed by atoms with Crippen LogP contribution in [0.5, 0.6) is 5.75 Å². The summed E-state index contributed by atoms with van der Waals surface area (Å²) in [5.74, 6) is 3.67. The minimum atomic E-state index is 0.644. The third-order valence-corrected chi connectivity index (χ3v) is 6.41. The molecule has 0 aliphatic rings. The van der Waals surface area contributed by atoms with Gasteiger partial charge in [-0.05, 0) is 42.6 Å².